The van der Waals surface area contributed by atoms with Crippen LogP contribution in [-0.4, -0.2) is 37.1 Å². The van der Waals surface area contributed by atoms with Crippen LogP contribution in [0.15, 0.2) is 78.0 Å². The molecule has 7 nitrogen and oxygen atoms in total. The summed E-state index contributed by atoms with van der Waals surface area (Å²) in [7, 11) is 1.51. The van der Waals surface area contributed by atoms with Gasteiger partial charge in [-0.3, -0.25) is 4.79 Å². The van der Waals surface area contributed by atoms with E-state index in [9.17, 15) is 9.90 Å². The van der Waals surface area contributed by atoms with Gasteiger partial charge in [-0.15, -0.1) is 0 Å². The van der Waals surface area contributed by atoms with Gasteiger partial charge in [0.1, 0.15) is 43.3 Å². The van der Waals surface area contributed by atoms with Gasteiger partial charge in [-0.2, -0.15) is 0 Å². The average molecular weight is 464 g/mol. The number of rotatable bonds is 12. The van der Waals surface area contributed by atoms with Crippen molar-refractivity contribution < 1.29 is 28.9 Å². The smallest absolute Gasteiger partial charge is 0.306 e. The van der Waals surface area contributed by atoms with E-state index in [1.807, 2.05) is 54.6 Å². The average Bonchev–Trinajstić information content (AvgIpc) is 2.86. The Bertz CT molecular complexity index is 1080. The molecule has 0 heterocycles. The predicted octanol–water partition coefficient (Wildman–Crippen LogP) is 4.90. The molecule has 0 aromatic heterocycles. The van der Waals surface area contributed by atoms with Gasteiger partial charge in [-0.1, -0.05) is 53.7 Å². The molecule has 0 atom stereocenters. The molecule has 0 aliphatic carbocycles. The standard InChI is InChI=1S/C27H29NO6/c1-3-32-27(30)16-12-22-11-15-24(17-26(22)29)33-18-20-9-13-23(14-10-20)34-19-25(28-31-2)21-7-5-4-6-8-21/h4-11,13-15,17,29H,3,12,16,18-19H2,1-2H3/b28-25+. The van der Waals surface area contributed by atoms with Crippen LogP contribution in [0.25, 0.3) is 0 Å². The molecule has 7 heteroatoms. The van der Waals surface area contributed by atoms with Gasteiger partial charge in [0.15, 0.2) is 0 Å². The molecule has 0 bridgehead atoms. The molecule has 0 saturated carbocycles. The predicted molar refractivity (Wildman–Crippen MR) is 129 cm³/mol. The van der Waals surface area contributed by atoms with Gasteiger partial charge in [0.25, 0.3) is 0 Å². The third kappa shape index (κ3) is 7.55. The number of nitrogens with zero attached hydrogens (tertiary/aromatic N) is 1. The molecular weight excluding hydrogens is 434 g/mol. The summed E-state index contributed by atoms with van der Waals surface area (Å²) < 4.78 is 16.6. The van der Waals surface area contributed by atoms with E-state index in [-0.39, 0.29) is 24.7 Å². The van der Waals surface area contributed by atoms with Crippen LogP contribution < -0.4 is 9.47 Å². The first-order valence-electron chi connectivity index (χ1n) is 11.1. The molecule has 1 N–H and O–H groups in total. The van der Waals surface area contributed by atoms with Crippen LogP contribution in [0.5, 0.6) is 17.2 Å². The number of esters is 1. The molecule has 0 radical (unpaired) electrons. The zero-order valence-electron chi connectivity index (χ0n) is 19.4. The van der Waals surface area contributed by atoms with Crippen molar-refractivity contribution in [1.29, 1.82) is 0 Å². The third-order valence-corrected chi connectivity index (χ3v) is 4.97. The first kappa shape index (κ1) is 24.6. The number of hydrogen-bond donors (Lipinski definition) is 1. The lowest BCUT2D eigenvalue weighted by Gasteiger charge is -2.11. The SMILES string of the molecule is CCOC(=O)CCc1ccc(OCc2ccc(OC/C(=N\OC)c3ccccc3)cc2)cc1O. The first-order chi connectivity index (χ1) is 16.6. The van der Waals surface area contributed by atoms with E-state index in [1.165, 1.54) is 7.11 Å². The first-order valence-corrected chi connectivity index (χ1v) is 11.1. The van der Waals surface area contributed by atoms with E-state index < -0.39 is 0 Å². The zero-order valence-corrected chi connectivity index (χ0v) is 19.4. The van der Waals surface area contributed by atoms with Crippen LogP contribution in [0.2, 0.25) is 0 Å². The quantitative estimate of drug-likeness (QED) is 0.234. The van der Waals surface area contributed by atoms with Gasteiger partial charge >= 0.3 is 5.97 Å². The van der Waals surface area contributed by atoms with Crippen LogP contribution in [0, 0.1) is 0 Å². The van der Waals surface area contributed by atoms with E-state index >= 15 is 0 Å². The summed E-state index contributed by atoms with van der Waals surface area (Å²) in [5.41, 5.74) is 3.26. The number of aryl methyl sites for hydroxylation is 1. The van der Waals surface area contributed by atoms with E-state index in [4.69, 9.17) is 19.0 Å². The maximum absolute atomic E-state index is 11.5. The molecule has 0 fully saturated rings. The summed E-state index contributed by atoms with van der Waals surface area (Å²) in [5, 5.41) is 14.3. The maximum atomic E-state index is 11.5. The van der Waals surface area contributed by atoms with Crippen LogP contribution in [-0.2, 0) is 27.4 Å². The van der Waals surface area contributed by atoms with Crippen molar-refractivity contribution in [2.75, 3.05) is 20.3 Å². The monoisotopic (exact) mass is 463 g/mol. The number of phenolic OH excluding ortho intramolecular Hbond substituents is 1. The fourth-order valence-electron chi connectivity index (χ4n) is 3.22. The molecular formula is C27H29NO6. The largest absolute Gasteiger partial charge is 0.508 e. The Kier molecular flexibility index (Phi) is 9.34. The number of carbonyl (C=O) groups excluding carboxylic acids is 1. The number of benzene rings is 3. The van der Waals surface area contributed by atoms with Gasteiger partial charge in [0, 0.05) is 18.1 Å². The lowest BCUT2D eigenvalue weighted by Crippen LogP contribution is -2.13. The van der Waals surface area contributed by atoms with Crippen molar-refractivity contribution >= 4 is 11.7 Å². The van der Waals surface area contributed by atoms with Gasteiger partial charge < -0.3 is 24.2 Å². The molecule has 34 heavy (non-hydrogen) atoms. The van der Waals surface area contributed by atoms with Gasteiger partial charge in [0.05, 0.1) is 6.61 Å². The molecule has 0 aliphatic rings. The third-order valence-electron chi connectivity index (χ3n) is 4.97. The highest BCUT2D eigenvalue weighted by atomic mass is 16.6. The topological polar surface area (TPSA) is 86.6 Å². The number of carbonyl (C=O) groups is 1. The van der Waals surface area contributed by atoms with E-state index in [0.717, 1.165) is 11.1 Å². The Labute approximate surface area is 199 Å². The van der Waals surface area contributed by atoms with Crippen molar-refractivity contribution in [3.05, 3.63) is 89.5 Å². The number of ether oxygens (including phenoxy) is 3. The van der Waals surface area contributed by atoms with Gasteiger partial charge in [-0.05, 0) is 42.7 Å². The number of hydrogen-bond acceptors (Lipinski definition) is 7. The van der Waals surface area contributed by atoms with Gasteiger partial charge in [-0.25, -0.2) is 0 Å². The summed E-state index contributed by atoms with van der Waals surface area (Å²) in [4.78, 5) is 16.4. The number of oxime groups is 1. The zero-order chi connectivity index (χ0) is 24.2. The number of aromatic hydroxyl groups is 1. The fraction of sp³-hybridized carbons (Fsp3) is 0.259. The normalized spacial score (nSPS) is 11.1. The minimum absolute atomic E-state index is 0.0949. The highest BCUT2D eigenvalue weighted by Crippen LogP contribution is 2.25. The van der Waals surface area contributed by atoms with E-state index in [1.54, 1.807) is 25.1 Å². The maximum Gasteiger partial charge on any atom is 0.306 e. The van der Waals surface area contributed by atoms with Gasteiger partial charge in [0.2, 0.25) is 0 Å². The highest BCUT2D eigenvalue weighted by Gasteiger charge is 2.09. The van der Waals surface area contributed by atoms with E-state index in [0.29, 0.717) is 42.4 Å². The Morgan fingerprint density at radius 2 is 1.68 bits per heavy atom. The minimum atomic E-state index is -0.281. The summed E-state index contributed by atoms with van der Waals surface area (Å²) in [6, 6.07) is 22.4. The van der Waals surface area contributed by atoms with Crippen LogP contribution >= 0.6 is 0 Å². The van der Waals surface area contributed by atoms with Crippen molar-refractivity contribution in [3.8, 4) is 17.2 Å². The van der Waals surface area contributed by atoms with Crippen molar-refractivity contribution in [2.45, 2.75) is 26.4 Å². The Morgan fingerprint density at radius 1 is 0.941 bits per heavy atom. The second kappa shape index (κ2) is 12.9. The highest BCUT2D eigenvalue weighted by molar-refractivity contribution is 6.01. The molecule has 0 spiro atoms. The Balaban J connectivity index is 1.50. The fourth-order valence-corrected chi connectivity index (χ4v) is 3.22. The second-order valence-corrected chi connectivity index (χ2v) is 7.40. The molecule has 3 aromatic carbocycles. The molecule has 0 aliphatic heterocycles. The van der Waals surface area contributed by atoms with Crippen LogP contribution in [0.4, 0.5) is 0 Å². The van der Waals surface area contributed by atoms with Crippen LogP contribution in [0.1, 0.15) is 30.0 Å². The van der Waals surface area contributed by atoms with Crippen molar-refractivity contribution in [1.82, 2.24) is 0 Å². The Morgan fingerprint density at radius 3 is 2.35 bits per heavy atom. The summed E-state index contributed by atoms with van der Waals surface area (Å²) >= 11 is 0. The summed E-state index contributed by atoms with van der Waals surface area (Å²) in [6.45, 7) is 2.72. The molecule has 0 unspecified atom stereocenters. The number of phenols is 1. The minimum Gasteiger partial charge on any atom is -0.508 e. The van der Waals surface area contributed by atoms with Crippen molar-refractivity contribution in [3.63, 3.8) is 0 Å². The van der Waals surface area contributed by atoms with Crippen molar-refractivity contribution in [2.24, 2.45) is 5.16 Å². The lowest BCUT2D eigenvalue weighted by atomic mass is 10.1. The molecule has 0 amide bonds. The Hall–Kier alpha value is -4.00. The van der Waals surface area contributed by atoms with E-state index in [2.05, 4.69) is 5.16 Å². The molecule has 178 valence electrons. The lowest BCUT2D eigenvalue weighted by molar-refractivity contribution is -0.143. The molecule has 3 aromatic rings. The second-order valence-electron chi connectivity index (χ2n) is 7.40. The van der Waals surface area contributed by atoms with Crippen LogP contribution in [0.3, 0.4) is 0 Å². The molecule has 0 saturated heterocycles. The summed E-state index contributed by atoms with van der Waals surface area (Å²) in [6.07, 6.45) is 0.633. The molecule has 3 rings (SSSR count). The summed E-state index contributed by atoms with van der Waals surface area (Å²) in [5.74, 6) is 1.06.